The summed E-state index contributed by atoms with van der Waals surface area (Å²) in [5, 5.41) is 5.22. The summed E-state index contributed by atoms with van der Waals surface area (Å²) in [5.74, 6) is 0.361. The van der Waals surface area contributed by atoms with E-state index in [1.165, 1.54) is 0 Å². The quantitative estimate of drug-likeness (QED) is 0.661. The fourth-order valence-corrected chi connectivity index (χ4v) is 2.93. The molecule has 1 aromatic carbocycles. The summed E-state index contributed by atoms with van der Waals surface area (Å²) < 4.78 is 2.73. The molecule has 2 nitrogen and oxygen atoms in total. The van der Waals surface area contributed by atoms with Crippen LogP contribution in [-0.4, -0.2) is 9.78 Å². The fraction of sp³-hybridized carbons (Fsp3) is 0.357. The number of halogens is 3. The molecular weight excluding hydrogens is 347 g/mol. The Balaban J connectivity index is 2.63. The number of aromatic nitrogens is 2. The maximum atomic E-state index is 6.42. The van der Waals surface area contributed by atoms with E-state index in [1.807, 2.05) is 24.3 Å². The second kappa shape index (κ2) is 5.47. The molecule has 1 aromatic heterocycles. The highest BCUT2D eigenvalue weighted by molar-refractivity contribution is 9.10. The third-order valence-corrected chi connectivity index (χ3v) is 3.97. The van der Waals surface area contributed by atoms with E-state index in [-0.39, 0.29) is 5.41 Å². The monoisotopic (exact) mass is 360 g/mol. The van der Waals surface area contributed by atoms with Gasteiger partial charge < -0.3 is 0 Å². The molecule has 0 saturated carbocycles. The number of benzene rings is 1. The Morgan fingerprint density at radius 3 is 2.47 bits per heavy atom. The maximum Gasteiger partial charge on any atom is 0.137 e. The molecule has 0 bridgehead atoms. The van der Waals surface area contributed by atoms with Crippen molar-refractivity contribution >= 4 is 39.1 Å². The Kier molecular flexibility index (Phi) is 4.29. The van der Waals surface area contributed by atoms with Crippen molar-refractivity contribution in [3.63, 3.8) is 0 Å². The molecule has 0 unspecified atom stereocenters. The Morgan fingerprint density at radius 1 is 1.32 bits per heavy atom. The summed E-state index contributed by atoms with van der Waals surface area (Å²) in [7, 11) is 0. The molecule has 2 rings (SSSR count). The van der Waals surface area contributed by atoms with Crippen molar-refractivity contribution in [1.82, 2.24) is 9.78 Å². The van der Waals surface area contributed by atoms with Crippen LogP contribution in [0.15, 0.2) is 28.7 Å². The Morgan fingerprint density at radius 2 is 2.00 bits per heavy atom. The van der Waals surface area contributed by atoms with Crippen LogP contribution in [0.25, 0.3) is 5.69 Å². The second-order valence-electron chi connectivity index (χ2n) is 5.39. The molecule has 102 valence electrons. The molecule has 0 amide bonds. The first-order chi connectivity index (χ1) is 8.84. The first-order valence-electron chi connectivity index (χ1n) is 5.94. The Bertz CT molecular complexity index is 600. The SMILES string of the molecule is CC(C)(C)c1nn(-c2cccc(Br)c2)c(Cl)c1CCl. The summed E-state index contributed by atoms with van der Waals surface area (Å²) in [6.07, 6.45) is 0. The van der Waals surface area contributed by atoms with E-state index in [2.05, 4.69) is 41.8 Å². The highest BCUT2D eigenvalue weighted by Crippen LogP contribution is 2.33. The molecule has 1 heterocycles. The van der Waals surface area contributed by atoms with Crippen LogP contribution in [0, 0.1) is 0 Å². The highest BCUT2D eigenvalue weighted by Gasteiger charge is 2.25. The van der Waals surface area contributed by atoms with Gasteiger partial charge in [0.15, 0.2) is 0 Å². The van der Waals surface area contributed by atoms with Crippen LogP contribution in [-0.2, 0) is 11.3 Å². The van der Waals surface area contributed by atoms with Crippen molar-refractivity contribution in [2.75, 3.05) is 0 Å². The van der Waals surface area contributed by atoms with Gasteiger partial charge in [-0.1, -0.05) is 54.4 Å². The lowest BCUT2D eigenvalue weighted by molar-refractivity contribution is 0.556. The molecule has 0 atom stereocenters. The van der Waals surface area contributed by atoms with Gasteiger partial charge in [-0.05, 0) is 18.2 Å². The van der Waals surface area contributed by atoms with Crippen molar-refractivity contribution in [3.8, 4) is 5.69 Å². The average molecular weight is 362 g/mol. The summed E-state index contributed by atoms with van der Waals surface area (Å²) in [6, 6.07) is 7.86. The van der Waals surface area contributed by atoms with Crippen LogP contribution in [0.3, 0.4) is 0 Å². The minimum absolute atomic E-state index is 0.0921. The van der Waals surface area contributed by atoms with Crippen LogP contribution in [0.4, 0.5) is 0 Å². The van der Waals surface area contributed by atoms with E-state index in [9.17, 15) is 0 Å². The normalized spacial score (nSPS) is 11.9. The minimum Gasteiger partial charge on any atom is -0.222 e. The van der Waals surface area contributed by atoms with Gasteiger partial charge >= 0.3 is 0 Å². The van der Waals surface area contributed by atoms with Crippen molar-refractivity contribution in [2.24, 2.45) is 0 Å². The van der Waals surface area contributed by atoms with Gasteiger partial charge in [0.2, 0.25) is 0 Å². The minimum atomic E-state index is -0.0921. The van der Waals surface area contributed by atoms with Crippen molar-refractivity contribution in [3.05, 3.63) is 45.1 Å². The van der Waals surface area contributed by atoms with Gasteiger partial charge in [-0.15, -0.1) is 11.6 Å². The number of rotatable bonds is 2. The van der Waals surface area contributed by atoms with E-state index < -0.39 is 0 Å². The van der Waals surface area contributed by atoms with E-state index in [0.29, 0.717) is 11.0 Å². The number of hydrogen-bond acceptors (Lipinski definition) is 1. The van der Waals surface area contributed by atoms with Crippen LogP contribution in [0.1, 0.15) is 32.0 Å². The lowest BCUT2D eigenvalue weighted by Gasteiger charge is -2.16. The van der Waals surface area contributed by atoms with Crippen molar-refractivity contribution < 1.29 is 0 Å². The third kappa shape index (κ3) is 2.99. The van der Waals surface area contributed by atoms with Crippen LogP contribution >= 0.6 is 39.1 Å². The van der Waals surface area contributed by atoms with Crippen LogP contribution in [0.2, 0.25) is 5.15 Å². The number of alkyl halides is 1. The zero-order valence-electron chi connectivity index (χ0n) is 11.0. The fourth-order valence-electron chi connectivity index (χ4n) is 1.93. The molecule has 0 fully saturated rings. The Hall–Kier alpha value is -0.510. The topological polar surface area (TPSA) is 17.8 Å². The van der Waals surface area contributed by atoms with E-state index in [4.69, 9.17) is 23.2 Å². The molecule has 19 heavy (non-hydrogen) atoms. The predicted octanol–water partition coefficient (Wildman–Crippen LogP) is 5.32. The lowest BCUT2D eigenvalue weighted by Crippen LogP contribution is -2.14. The lowest BCUT2D eigenvalue weighted by atomic mass is 9.90. The van der Waals surface area contributed by atoms with Crippen molar-refractivity contribution in [1.29, 1.82) is 0 Å². The third-order valence-electron chi connectivity index (χ3n) is 2.82. The maximum absolute atomic E-state index is 6.42. The van der Waals surface area contributed by atoms with E-state index in [1.54, 1.807) is 4.68 Å². The van der Waals surface area contributed by atoms with Crippen LogP contribution in [0.5, 0.6) is 0 Å². The molecule has 0 N–H and O–H groups in total. The van der Waals surface area contributed by atoms with Gasteiger partial charge in [0, 0.05) is 15.5 Å². The molecule has 5 heteroatoms. The van der Waals surface area contributed by atoms with Crippen molar-refractivity contribution in [2.45, 2.75) is 32.1 Å². The summed E-state index contributed by atoms with van der Waals surface area (Å²) in [5.41, 5.74) is 2.66. The predicted molar refractivity (Wildman–Crippen MR) is 84.5 cm³/mol. The first-order valence-corrected chi connectivity index (χ1v) is 7.65. The average Bonchev–Trinajstić information content (AvgIpc) is 2.66. The molecule has 0 radical (unpaired) electrons. The molecule has 0 aliphatic rings. The van der Waals surface area contributed by atoms with E-state index >= 15 is 0 Å². The van der Waals surface area contributed by atoms with Gasteiger partial charge in [-0.25, -0.2) is 4.68 Å². The molecule has 0 saturated heterocycles. The summed E-state index contributed by atoms with van der Waals surface area (Å²) in [6.45, 7) is 6.31. The molecule has 0 aliphatic heterocycles. The number of nitrogens with zero attached hydrogens (tertiary/aromatic N) is 2. The highest BCUT2D eigenvalue weighted by atomic mass is 79.9. The number of hydrogen-bond donors (Lipinski definition) is 0. The molecular formula is C14H15BrCl2N2. The van der Waals surface area contributed by atoms with Gasteiger partial charge in [0.05, 0.1) is 17.3 Å². The molecule has 0 spiro atoms. The molecule has 0 aliphatic carbocycles. The summed E-state index contributed by atoms with van der Waals surface area (Å²) >= 11 is 15.9. The second-order valence-corrected chi connectivity index (χ2v) is 6.93. The van der Waals surface area contributed by atoms with Gasteiger partial charge in [-0.3, -0.25) is 0 Å². The summed E-state index contributed by atoms with van der Waals surface area (Å²) in [4.78, 5) is 0. The first kappa shape index (κ1) is 14.9. The Labute approximate surface area is 131 Å². The van der Waals surface area contributed by atoms with Gasteiger partial charge in [-0.2, -0.15) is 5.10 Å². The standard InChI is InChI=1S/C14H15BrCl2N2/c1-14(2,3)12-11(8-16)13(17)19(18-12)10-6-4-5-9(15)7-10/h4-7H,8H2,1-3H3. The van der Waals surface area contributed by atoms with Crippen LogP contribution < -0.4 is 0 Å². The molecule has 2 aromatic rings. The smallest absolute Gasteiger partial charge is 0.137 e. The van der Waals surface area contributed by atoms with Gasteiger partial charge in [0.1, 0.15) is 5.15 Å². The zero-order chi connectivity index (χ0) is 14.2. The largest absolute Gasteiger partial charge is 0.222 e. The zero-order valence-corrected chi connectivity index (χ0v) is 14.1. The van der Waals surface area contributed by atoms with E-state index in [0.717, 1.165) is 21.4 Å². The van der Waals surface area contributed by atoms with Gasteiger partial charge in [0.25, 0.3) is 0 Å².